The van der Waals surface area contributed by atoms with E-state index in [1.807, 2.05) is 11.9 Å². The number of amides is 1. The molecule has 0 bridgehead atoms. The lowest BCUT2D eigenvalue weighted by molar-refractivity contribution is -0.146. The molecular weight excluding hydrogens is 252 g/mol. The Kier molecular flexibility index (Phi) is 6.39. The second kappa shape index (κ2) is 7.31. The molecule has 4 nitrogen and oxygen atoms in total. The van der Waals surface area contributed by atoms with Gasteiger partial charge in [0.05, 0.1) is 6.61 Å². The third-order valence-electron chi connectivity index (χ3n) is 4.01. The molecule has 3 atom stereocenters. The van der Waals surface area contributed by atoms with Crippen molar-refractivity contribution in [3.8, 4) is 0 Å². The van der Waals surface area contributed by atoms with Crippen LogP contribution in [0.3, 0.4) is 0 Å². The van der Waals surface area contributed by atoms with Crippen molar-refractivity contribution in [1.29, 1.82) is 0 Å². The van der Waals surface area contributed by atoms with E-state index in [9.17, 15) is 4.79 Å². The molecule has 18 heavy (non-hydrogen) atoms. The van der Waals surface area contributed by atoms with Crippen LogP contribution in [0.2, 0.25) is 0 Å². The lowest BCUT2D eigenvalue weighted by atomic mass is 9.86. The molecule has 2 aliphatic rings. The minimum atomic E-state index is -0.272. The lowest BCUT2D eigenvalue weighted by Gasteiger charge is -2.36. The standard InChI is InChI=1S/C13H24N2O2.ClH/c1-10-4-3-5-11(8-10)15(2)13(16)12-9-14-6-7-17-12;/h10-12,14H,3-9H2,1-2H3;1H. The van der Waals surface area contributed by atoms with Gasteiger partial charge in [0.25, 0.3) is 5.91 Å². The van der Waals surface area contributed by atoms with Crippen molar-refractivity contribution < 1.29 is 9.53 Å². The molecular formula is C13H25ClN2O2. The number of ether oxygens (including phenoxy) is 1. The van der Waals surface area contributed by atoms with Crippen LogP contribution >= 0.6 is 12.4 Å². The van der Waals surface area contributed by atoms with E-state index < -0.39 is 0 Å². The van der Waals surface area contributed by atoms with E-state index in [1.54, 1.807) is 0 Å². The molecule has 0 radical (unpaired) electrons. The van der Waals surface area contributed by atoms with Gasteiger partial charge in [-0.3, -0.25) is 4.79 Å². The quantitative estimate of drug-likeness (QED) is 0.830. The zero-order valence-corrected chi connectivity index (χ0v) is 12.2. The summed E-state index contributed by atoms with van der Waals surface area (Å²) in [6, 6.07) is 0.414. The van der Waals surface area contributed by atoms with Crippen LogP contribution in [-0.2, 0) is 9.53 Å². The largest absolute Gasteiger partial charge is 0.366 e. The predicted octanol–water partition coefficient (Wildman–Crippen LogP) is 1.43. The molecule has 5 heteroatoms. The van der Waals surface area contributed by atoms with Gasteiger partial charge < -0.3 is 15.0 Å². The number of hydrogen-bond donors (Lipinski definition) is 1. The summed E-state index contributed by atoms with van der Waals surface area (Å²) < 4.78 is 5.52. The lowest BCUT2D eigenvalue weighted by Crippen LogP contribution is -2.51. The smallest absolute Gasteiger partial charge is 0.253 e. The van der Waals surface area contributed by atoms with E-state index in [-0.39, 0.29) is 24.4 Å². The molecule has 1 N–H and O–H groups in total. The molecule has 2 rings (SSSR count). The molecule has 0 aromatic carbocycles. The first-order valence-electron chi connectivity index (χ1n) is 6.77. The summed E-state index contributed by atoms with van der Waals surface area (Å²) in [6.45, 7) is 4.44. The maximum Gasteiger partial charge on any atom is 0.253 e. The van der Waals surface area contributed by atoms with Crippen LogP contribution in [0.4, 0.5) is 0 Å². The molecule has 1 amide bonds. The highest BCUT2D eigenvalue weighted by molar-refractivity contribution is 5.85. The van der Waals surface area contributed by atoms with Gasteiger partial charge in [0.2, 0.25) is 0 Å². The molecule has 106 valence electrons. The van der Waals surface area contributed by atoms with Crippen LogP contribution in [0.1, 0.15) is 32.6 Å². The fourth-order valence-corrected chi connectivity index (χ4v) is 2.88. The molecule has 0 aromatic heterocycles. The predicted molar refractivity (Wildman–Crippen MR) is 74.0 cm³/mol. The summed E-state index contributed by atoms with van der Waals surface area (Å²) in [4.78, 5) is 14.2. The highest BCUT2D eigenvalue weighted by Gasteiger charge is 2.30. The van der Waals surface area contributed by atoms with Crippen molar-refractivity contribution in [2.24, 2.45) is 5.92 Å². The first-order valence-corrected chi connectivity index (χ1v) is 6.77. The van der Waals surface area contributed by atoms with Gasteiger partial charge in [-0.2, -0.15) is 0 Å². The molecule has 0 spiro atoms. The number of morpholine rings is 1. The summed E-state index contributed by atoms with van der Waals surface area (Å²) in [5, 5.41) is 3.21. The van der Waals surface area contributed by atoms with E-state index in [2.05, 4.69) is 12.2 Å². The molecule has 1 aliphatic heterocycles. The molecule has 3 unspecified atom stereocenters. The van der Waals surface area contributed by atoms with E-state index in [0.29, 0.717) is 19.2 Å². The Morgan fingerprint density at radius 3 is 2.78 bits per heavy atom. The monoisotopic (exact) mass is 276 g/mol. The maximum atomic E-state index is 12.3. The average Bonchev–Trinajstić information content (AvgIpc) is 2.38. The summed E-state index contributed by atoms with van der Waals surface area (Å²) >= 11 is 0. The van der Waals surface area contributed by atoms with Gasteiger partial charge in [0.15, 0.2) is 0 Å². The van der Waals surface area contributed by atoms with Crippen LogP contribution in [-0.4, -0.2) is 49.7 Å². The van der Waals surface area contributed by atoms with Crippen molar-refractivity contribution >= 4 is 18.3 Å². The van der Waals surface area contributed by atoms with E-state index >= 15 is 0 Å². The Hall–Kier alpha value is -0.320. The topological polar surface area (TPSA) is 41.6 Å². The van der Waals surface area contributed by atoms with Gasteiger partial charge in [0.1, 0.15) is 6.10 Å². The summed E-state index contributed by atoms with van der Waals surface area (Å²) in [7, 11) is 1.93. The van der Waals surface area contributed by atoms with E-state index in [1.165, 1.54) is 12.8 Å². The average molecular weight is 277 g/mol. The molecule has 0 aromatic rings. The number of carbonyl (C=O) groups excluding carboxylic acids is 1. The highest BCUT2D eigenvalue weighted by atomic mass is 35.5. The number of nitrogens with zero attached hydrogens (tertiary/aromatic N) is 1. The Morgan fingerprint density at radius 1 is 1.39 bits per heavy atom. The first-order chi connectivity index (χ1) is 8.18. The third kappa shape index (κ3) is 3.84. The number of nitrogens with one attached hydrogen (secondary N) is 1. The summed E-state index contributed by atoms with van der Waals surface area (Å²) in [6.07, 6.45) is 4.56. The van der Waals surface area contributed by atoms with Crippen molar-refractivity contribution in [1.82, 2.24) is 10.2 Å². The van der Waals surface area contributed by atoms with Gasteiger partial charge in [-0.05, 0) is 18.8 Å². The molecule has 1 heterocycles. The number of halogens is 1. The van der Waals surface area contributed by atoms with Crippen molar-refractivity contribution in [3.05, 3.63) is 0 Å². The zero-order chi connectivity index (χ0) is 12.3. The third-order valence-corrected chi connectivity index (χ3v) is 4.01. The van der Waals surface area contributed by atoms with Gasteiger partial charge in [0, 0.05) is 26.2 Å². The van der Waals surface area contributed by atoms with Crippen LogP contribution in [0.5, 0.6) is 0 Å². The van der Waals surface area contributed by atoms with Gasteiger partial charge in [-0.15, -0.1) is 12.4 Å². The number of hydrogen-bond acceptors (Lipinski definition) is 3. The second-order valence-electron chi connectivity index (χ2n) is 5.44. The minimum absolute atomic E-state index is 0. The van der Waals surface area contributed by atoms with Crippen LogP contribution in [0.25, 0.3) is 0 Å². The Labute approximate surface area is 116 Å². The number of likely N-dealkylation sites (N-methyl/N-ethyl adjacent to an activating group) is 1. The highest BCUT2D eigenvalue weighted by Crippen LogP contribution is 2.27. The molecule has 2 fully saturated rings. The van der Waals surface area contributed by atoms with Gasteiger partial charge >= 0.3 is 0 Å². The van der Waals surface area contributed by atoms with Gasteiger partial charge in [-0.1, -0.05) is 19.8 Å². The molecule has 1 saturated carbocycles. The van der Waals surface area contributed by atoms with Crippen LogP contribution in [0, 0.1) is 5.92 Å². The molecule has 1 saturated heterocycles. The maximum absolute atomic E-state index is 12.3. The van der Waals surface area contributed by atoms with E-state index in [4.69, 9.17) is 4.74 Å². The Morgan fingerprint density at radius 2 is 2.17 bits per heavy atom. The van der Waals surface area contributed by atoms with Crippen molar-refractivity contribution in [2.45, 2.75) is 44.8 Å². The first kappa shape index (κ1) is 15.7. The van der Waals surface area contributed by atoms with E-state index in [0.717, 1.165) is 25.3 Å². The van der Waals surface area contributed by atoms with Gasteiger partial charge in [-0.25, -0.2) is 0 Å². The Balaban J connectivity index is 0.00000162. The zero-order valence-electron chi connectivity index (χ0n) is 11.4. The van der Waals surface area contributed by atoms with Crippen LogP contribution < -0.4 is 5.32 Å². The normalized spacial score (nSPS) is 32.4. The summed E-state index contributed by atoms with van der Waals surface area (Å²) in [5.74, 6) is 0.894. The fourth-order valence-electron chi connectivity index (χ4n) is 2.88. The Bertz CT molecular complexity index is 270. The molecule has 1 aliphatic carbocycles. The van der Waals surface area contributed by atoms with Crippen LogP contribution in [0.15, 0.2) is 0 Å². The van der Waals surface area contributed by atoms with Crippen molar-refractivity contribution in [2.75, 3.05) is 26.7 Å². The number of rotatable bonds is 2. The SMILES string of the molecule is CC1CCCC(N(C)C(=O)C2CNCCO2)C1.Cl. The number of carbonyl (C=O) groups is 1. The summed E-state index contributed by atoms with van der Waals surface area (Å²) in [5.41, 5.74) is 0. The minimum Gasteiger partial charge on any atom is -0.366 e. The van der Waals surface area contributed by atoms with Crippen molar-refractivity contribution in [3.63, 3.8) is 0 Å². The second-order valence-corrected chi connectivity index (χ2v) is 5.44. The fraction of sp³-hybridized carbons (Fsp3) is 0.923.